The molecule has 164 valence electrons. The second-order valence-electron chi connectivity index (χ2n) is 8.37. The number of aromatic nitrogens is 2. The van der Waals surface area contributed by atoms with E-state index in [1.165, 1.54) is 12.8 Å². The lowest BCUT2D eigenvalue weighted by Crippen LogP contribution is -2.46. The Morgan fingerprint density at radius 3 is 2.58 bits per heavy atom. The minimum Gasteiger partial charge on any atom is -0.367 e. The highest BCUT2D eigenvalue weighted by molar-refractivity contribution is 5.93. The molecule has 9 nitrogen and oxygen atoms in total. The third kappa shape index (κ3) is 4.38. The maximum atomic E-state index is 12.5. The normalized spacial score (nSPS) is 18.4. The SMILES string of the molecule is CC(c1nc(NC2CCCC2)c(C=N)c(=O)[nH]1)N1CC(c2ccc(C(=O)NO)cc2)C1. The Kier molecular flexibility index (Phi) is 6.15. The topological polar surface area (TPSA) is 134 Å². The number of carbonyl (C=O) groups is 1. The predicted octanol–water partition coefficient (Wildman–Crippen LogP) is 2.40. The number of hydrogen-bond donors (Lipinski definition) is 5. The van der Waals surface area contributed by atoms with E-state index in [0.717, 1.165) is 37.7 Å². The molecular weight excluding hydrogens is 396 g/mol. The van der Waals surface area contributed by atoms with Crippen LogP contribution < -0.4 is 16.4 Å². The monoisotopic (exact) mass is 424 g/mol. The highest BCUT2D eigenvalue weighted by Gasteiger charge is 2.33. The molecule has 1 unspecified atom stereocenters. The average Bonchev–Trinajstić information content (AvgIpc) is 3.25. The van der Waals surface area contributed by atoms with Crippen molar-refractivity contribution in [1.29, 1.82) is 5.41 Å². The summed E-state index contributed by atoms with van der Waals surface area (Å²) in [6, 6.07) is 7.44. The van der Waals surface area contributed by atoms with Crippen LogP contribution in [0.3, 0.4) is 0 Å². The molecule has 2 aliphatic rings. The van der Waals surface area contributed by atoms with E-state index in [9.17, 15) is 9.59 Å². The molecule has 2 aromatic rings. The number of aromatic amines is 1. The summed E-state index contributed by atoms with van der Waals surface area (Å²) in [5, 5.41) is 19.7. The van der Waals surface area contributed by atoms with Crippen LogP contribution in [0.15, 0.2) is 29.1 Å². The number of nitrogens with one attached hydrogen (secondary N) is 4. The van der Waals surface area contributed by atoms with Crippen LogP contribution in [-0.4, -0.2) is 51.3 Å². The van der Waals surface area contributed by atoms with Gasteiger partial charge in [-0.15, -0.1) is 0 Å². The van der Waals surface area contributed by atoms with E-state index in [-0.39, 0.29) is 17.2 Å². The molecule has 1 amide bonds. The molecule has 31 heavy (non-hydrogen) atoms. The molecule has 1 aliphatic carbocycles. The van der Waals surface area contributed by atoms with E-state index in [4.69, 9.17) is 10.6 Å². The second-order valence-corrected chi connectivity index (χ2v) is 8.37. The Bertz CT molecular complexity index is 1010. The van der Waals surface area contributed by atoms with Gasteiger partial charge in [0.2, 0.25) is 0 Å². The summed E-state index contributed by atoms with van der Waals surface area (Å²) in [5.74, 6) is 0.907. The van der Waals surface area contributed by atoms with Crippen molar-refractivity contribution in [2.24, 2.45) is 0 Å². The molecule has 1 atom stereocenters. The summed E-state index contributed by atoms with van der Waals surface area (Å²) in [4.78, 5) is 33.8. The Balaban J connectivity index is 1.44. The number of hydroxylamine groups is 1. The van der Waals surface area contributed by atoms with Crippen molar-refractivity contribution in [2.45, 2.75) is 50.6 Å². The van der Waals surface area contributed by atoms with Gasteiger partial charge in [0.15, 0.2) is 0 Å². The second kappa shape index (κ2) is 8.99. The van der Waals surface area contributed by atoms with E-state index in [0.29, 0.717) is 29.2 Å². The van der Waals surface area contributed by atoms with Crippen molar-refractivity contribution >= 4 is 17.9 Å². The molecule has 4 rings (SSSR count). The lowest BCUT2D eigenvalue weighted by atomic mass is 9.89. The van der Waals surface area contributed by atoms with Gasteiger partial charge in [0.1, 0.15) is 11.6 Å². The number of hydrogen-bond acceptors (Lipinski definition) is 7. The molecular formula is C22H28N6O3. The van der Waals surface area contributed by atoms with Crippen LogP contribution >= 0.6 is 0 Å². The van der Waals surface area contributed by atoms with Gasteiger partial charge in [-0.25, -0.2) is 10.5 Å². The maximum absolute atomic E-state index is 12.5. The van der Waals surface area contributed by atoms with E-state index in [1.54, 1.807) is 17.6 Å². The third-order valence-electron chi connectivity index (χ3n) is 6.41. The standard InChI is InChI=1S/C22H28N6O3/c1-13(28-11-16(12-28)14-6-8-15(9-7-14)21(29)27-31)19-25-20(18(10-23)22(30)26-19)24-17-4-2-3-5-17/h6-10,13,16-17,23,31H,2-5,11-12H2,1H3,(H,27,29)(H2,24,25,26,30). The smallest absolute Gasteiger partial charge is 0.274 e. The summed E-state index contributed by atoms with van der Waals surface area (Å²) in [6.45, 7) is 3.65. The first-order chi connectivity index (χ1) is 15.0. The minimum absolute atomic E-state index is 0.0627. The van der Waals surface area contributed by atoms with Gasteiger partial charge in [-0.3, -0.25) is 19.7 Å². The summed E-state index contributed by atoms with van der Waals surface area (Å²) in [5.41, 5.74) is 3.16. The van der Waals surface area contributed by atoms with Crippen molar-refractivity contribution in [1.82, 2.24) is 20.3 Å². The minimum atomic E-state index is -0.527. The third-order valence-corrected chi connectivity index (χ3v) is 6.41. The number of anilines is 1. The number of H-pyrrole nitrogens is 1. The van der Waals surface area contributed by atoms with Crippen LogP contribution in [0.4, 0.5) is 5.82 Å². The van der Waals surface area contributed by atoms with Crippen molar-refractivity contribution in [3.8, 4) is 0 Å². The summed E-state index contributed by atoms with van der Waals surface area (Å²) in [7, 11) is 0. The van der Waals surface area contributed by atoms with Gasteiger partial charge in [0.05, 0.1) is 11.6 Å². The van der Waals surface area contributed by atoms with Crippen LogP contribution in [0.5, 0.6) is 0 Å². The quantitative estimate of drug-likeness (QED) is 0.263. The molecule has 5 N–H and O–H groups in total. The lowest BCUT2D eigenvalue weighted by Gasteiger charge is -2.43. The molecule has 0 spiro atoms. The molecule has 1 aromatic heterocycles. The number of amides is 1. The van der Waals surface area contributed by atoms with Gasteiger partial charge >= 0.3 is 0 Å². The molecule has 1 aromatic carbocycles. The molecule has 2 fully saturated rings. The van der Waals surface area contributed by atoms with E-state index in [2.05, 4.69) is 20.2 Å². The zero-order valence-electron chi connectivity index (χ0n) is 17.5. The number of nitrogens with zero attached hydrogens (tertiary/aromatic N) is 2. The van der Waals surface area contributed by atoms with Crippen LogP contribution in [0.1, 0.15) is 71.9 Å². The van der Waals surface area contributed by atoms with Crippen molar-refractivity contribution in [3.63, 3.8) is 0 Å². The van der Waals surface area contributed by atoms with Crippen LogP contribution in [0.2, 0.25) is 0 Å². The van der Waals surface area contributed by atoms with Crippen molar-refractivity contribution < 1.29 is 10.0 Å². The average molecular weight is 425 g/mol. The van der Waals surface area contributed by atoms with Gasteiger partial charge in [-0.1, -0.05) is 25.0 Å². The number of benzene rings is 1. The molecule has 1 saturated carbocycles. The Hall–Kier alpha value is -3.04. The molecule has 2 heterocycles. The van der Waals surface area contributed by atoms with E-state index in [1.807, 2.05) is 19.1 Å². The van der Waals surface area contributed by atoms with Gasteiger partial charge in [-0.05, 0) is 37.5 Å². The first-order valence-electron chi connectivity index (χ1n) is 10.7. The highest BCUT2D eigenvalue weighted by Crippen LogP contribution is 2.33. The zero-order valence-corrected chi connectivity index (χ0v) is 17.5. The zero-order chi connectivity index (χ0) is 22.0. The van der Waals surface area contributed by atoms with Gasteiger partial charge in [0, 0.05) is 36.8 Å². The molecule has 9 heteroatoms. The van der Waals surface area contributed by atoms with Crippen LogP contribution in [-0.2, 0) is 0 Å². The summed E-state index contributed by atoms with van der Waals surface area (Å²) in [6.07, 6.45) is 5.53. The Labute approximate surface area is 180 Å². The maximum Gasteiger partial charge on any atom is 0.274 e. The molecule has 1 saturated heterocycles. The molecule has 0 bridgehead atoms. The number of carbonyl (C=O) groups excluding carboxylic acids is 1. The Morgan fingerprint density at radius 1 is 1.29 bits per heavy atom. The highest BCUT2D eigenvalue weighted by atomic mass is 16.5. The fraction of sp³-hybridized carbons (Fsp3) is 0.455. The first kappa shape index (κ1) is 21.2. The van der Waals surface area contributed by atoms with Crippen molar-refractivity contribution in [3.05, 3.63) is 57.1 Å². The predicted molar refractivity (Wildman–Crippen MR) is 117 cm³/mol. The van der Waals surface area contributed by atoms with Crippen LogP contribution in [0, 0.1) is 5.41 Å². The fourth-order valence-corrected chi connectivity index (χ4v) is 4.39. The summed E-state index contributed by atoms with van der Waals surface area (Å²) < 4.78 is 0. The first-order valence-corrected chi connectivity index (χ1v) is 10.7. The number of likely N-dealkylation sites (tertiary alicyclic amines) is 1. The van der Waals surface area contributed by atoms with Crippen LogP contribution in [0.25, 0.3) is 0 Å². The molecule has 0 radical (unpaired) electrons. The summed E-state index contributed by atoms with van der Waals surface area (Å²) >= 11 is 0. The fourth-order valence-electron chi connectivity index (χ4n) is 4.39. The van der Waals surface area contributed by atoms with Gasteiger partial charge in [-0.2, -0.15) is 0 Å². The lowest BCUT2D eigenvalue weighted by molar-refractivity contribution is 0.0706. The van der Waals surface area contributed by atoms with Gasteiger partial charge in [0.25, 0.3) is 11.5 Å². The van der Waals surface area contributed by atoms with E-state index >= 15 is 0 Å². The van der Waals surface area contributed by atoms with Crippen molar-refractivity contribution in [2.75, 3.05) is 18.4 Å². The Morgan fingerprint density at radius 2 is 1.97 bits per heavy atom. The molecule has 1 aliphatic heterocycles. The van der Waals surface area contributed by atoms with E-state index < -0.39 is 5.91 Å². The number of rotatable bonds is 7. The van der Waals surface area contributed by atoms with Gasteiger partial charge < -0.3 is 15.7 Å². The largest absolute Gasteiger partial charge is 0.367 e.